The molecule has 3 heterocycles. The molecule has 5 rings (SSSR count). The van der Waals surface area contributed by atoms with Gasteiger partial charge in [-0.25, -0.2) is 10.4 Å². The number of hydrogen-bond acceptors (Lipinski definition) is 7. The Bertz CT molecular complexity index is 1230. The molecule has 2 aliphatic rings. The van der Waals surface area contributed by atoms with E-state index in [0.717, 1.165) is 67.4 Å². The van der Waals surface area contributed by atoms with E-state index in [2.05, 4.69) is 41.2 Å². The van der Waals surface area contributed by atoms with Crippen molar-refractivity contribution in [3.05, 3.63) is 48.0 Å². The van der Waals surface area contributed by atoms with Crippen LogP contribution in [0.15, 0.2) is 52.0 Å². The van der Waals surface area contributed by atoms with Gasteiger partial charge in [-0.15, -0.1) is 0 Å². The van der Waals surface area contributed by atoms with E-state index in [4.69, 9.17) is 13.9 Å². The number of aromatic nitrogens is 1. The van der Waals surface area contributed by atoms with Crippen molar-refractivity contribution in [2.75, 3.05) is 32.8 Å². The second-order valence-corrected chi connectivity index (χ2v) is 9.82. The highest BCUT2D eigenvalue weighted by Crippen LogP contribution is 2.29. The summed E-state index contributed by atoms with van der Waals surface area (Å²) in [5.74, 6) is 1.43. The van der Waals surface area contributed by atoms with Gasteiger partial charge in [0.2, 0.25) is 11.8 Å². The van der Waals surface area contributed by atoms with Crippen molar-refractivity contribution in [1.29, 1.82) is 0 Å². The van der Waals surface area contributed by atoms with Gasteiger partial charge in [-0.3, -0.25) is 9.69 Å². The highest BCUT2D eigenvalue weighted by atomic mass is 16.5. The first-order valence-corrected chi connectivity index (χ1v) is 12.3. The van der Waals surface area contributed by atoms with Crippen LogP contribution in [0.3, 0.4) is 0 Å². The summed E-state index contributed by atoms with van der Waals surface area (Å²) in [6, 6.07) is 13.7. The summed E-state index contributed by atoms with van der Waals surface area (Å²) in [4.78, 5) is 18.8. The number of hydrazone groups is 1. The Morgan fingerprint density at radius 3 is 2.60 bits per heavy atom. The summed E-state index contributed by atoms with van der Waals surface area (Å²) in [7, 11) is 0. The fourth-order valence-electron chi connectivity index (χ4n) is 4.74. The highest BCUT2D eigenvalue weighted by Gasteiger charge is 2.26. The lowest BCUT2D eigenvalue weighted by Gasteiger charge is -2.35. The topological polar surface area (TPSA) is 89.2 Å². The summed E-state index contributed by atoms with van der Waals surface area (Å²) in [6.07, 6.45) is 1.30. The minimum Gasteiger partial charge on any atom is -0.487 e. The Balaban J connectivity index is 1.31. The number of ether oxygens (including phenoxy) is 2. The summed E-state index contributed by atoms with van der Waals surface area (Å²) in [5.41, 5.74) is 6.47. The van der Waals surface area contributed by atoms with Gasteiger partial charge in [0.25, 0.3) is 0 Å². The van der Waals surface area contributed by atoms with Crippen LogP contribution in [0.4, 0.5) is 0 Å². The molecule has 1 unspecified atom stereocenters. The second kappa shape index (κ2) is 9.79. The van der Waals surface area contributed by atoms with Gasteiger partial charge in [0, 0.05) is 43.1 Å². The van der Waals surface area contributed by atoms with E-state index in [1.54, 1.807) is 0 Å². The zero-order chi connectivity index (χ0) is 24.4. The Morgan fingerprint density at radius 2 is 1.86 bits per heavy atom. The van der Waals surface area contributed by atoms with Crippen LogP contribution in [0, 0.1) is 5.92 Å². The Kier molecular flexibility index (Phi) is 6.58. The summed E-state index contributed by atoms with van der Waals surface area (Å²) in [5, 5.41) is 4.31. The third-order valence-electron chi connectivity index (χ3n) is 6.50. The van der Waals surface area contributed by atoms with Gasteiger partial charge in [0.15, 0.2) is 5.58 Å². The lowest BCUT2D eigenvalue weighted by molar-refractivity contribution is -0.122. The van der Waals surface area contributed by atoms with Gasteiger partial charge in [0.05, 0.1) is 18.9 Å². The number of amides is 1. The van der Waals surface area contributed by atoms with Crippen LogP contribution in [0.2, 0.25) is 0 Å². The molecule has 2 aromatic carbocycles. The summed E-state index contributed by atoms with van der Waals surface area (Å²) >= 11 is 0. The van der Waals surface area contributed by atoms with Crippen molar-refractivity contribution in [2.45, 2.75) is 39.2 Å². The fourth-order valence-corrected chi connectivity index (χ4v) is 4.74. The SMILES string of the molecule is CCC1CC(=O)NN=C1c1ccc2nc(-c3ccc(OC(C)(C)CN4CCOCC4)cc3)oc2c1. The van der Waals surface area contributed by atoms with Crippen LogP contribution >= 0.6 is 0 Å². The van der Waals surface area contributed by atoms with Gasteiger partial charge in [0.1, 0.15) is 16.9 Å². The molecule has 2 aliphatic heterocycles. The quantitative estimate of drug-likeness (QED) is 0.549. The van der Waals surface area contributed by atoms with E-state index < -0.39 is 0 Å². The minimum absolute atomic E-state index is 0.0412. The predicted octanol–water partition coefficient (Wildman–Crippen LogP) is 4.23. The number of carbonyl (C=O) groups excluding carboxylic acids is 1. The van der Waals surface area contributed by atoms with Crippen molar-refractivity contribution in [3.63, 3.8) is 0 Å². The summed E-state index contributed by atoms with van der Waals surface area (Å²) in [6.45, 7) is 10.6. The number of rotatable bonds is 7. The standard InChI is InChI=1S/C27H32N4O4/c1-4-18-16-24(32)29-30-25(18)20-7-10-22-23(15-20)34-26(28-22)19-5-8-21(9-6-19)35-27(2,3)17-31-11-13-33-14-12-31/h5-10,15,18H,4,11-14,16-17H2,1-3H3,(H,29,32). The molecule has 0 radical (unpaired) electrons. The smallest absolute Gasteiger partial charge is 0.240 e. The van der Waals surface area contributed by atoms with Crippen LogP contribution in [-0.2, 0) is 9.53 Å². The molecule has 0 bridgehead atoms. The third-order valence-corrected chi connectivity index (χ3v) is 6.50. The molecule has 1 N–H and O–H groups in total. The zero-order valence-electron chi connectivity index (χ0n) is 20.5. The Labute approximate surface area is 205 Å². The second-order valence-electron chi connectivity index (χ2n) is 9.82. The maximum Gasteiger partial charge on any atom is 0.240 e. The van der Waals surface area contributed by atoms with Crippen molar-refractivity contribution in [3.8, 4) is 17.2 Å². The largest absolute Gasteiger partial charge is 0.487 e. The van der Waals surface area contributed by atoms with E-state index in [0.29, 0.717) is 17.9 Å². The van der Waals surface area contributed by atoms with Crippen molar-refractivity contribution >= 4 is 22.7 Å². The molecule has 8 nitrogen and oxygen atoms in total. The molecule has 1 amide bonds. The zero-order valence-corrected chi connectivity index (χ0v) is 20.5. The van der Waals surface area contributed by atoms with Crippen LogP contribution < -0.4 is 10.2 Å². The van der Waals surface area contributed by atoms with Gasteiger partial charge in [-0.1, -0.05) is 13.0 Å². The number of hydrogen-bond donors (Lipinski definition) is 1. The molecule has 184 valence electrons. The lowest BCUT2D eigenvalue weighted by Crippen LogP contribution is -2.47. The molecule has 3 aromatic rings. The molecule has 35 heavy (non-hydrogen) atoms. The Morgan fingerprint density at radius 1 is 1.11 bits per heavy atom. The molecular formula is C27H32N4O4. The van der Waals surface area contributed by atoms with Gasteiger partial charge < -0.3 is 13.9 Å². The molecule has 1 atom stereocenters. The van der Waals surface area contributed by atoms with E-state index in [9.17, 15) is 4.79 Å². The first kappa shape index (κ1) is 23.5. The highest BCUT2D eigenvalue weighted by molar-refractivity contribution is 6.07. The van der Waals surface area contributed by atoms with Crippen LogP contribution in [-0.4, -0.2) is 60.0 Å². The normalized spacial score (nSPS) is 19.5. The van der Waals surface area contributed by atoms with Crippen molar-refractivity contribution < 1.29 is 18.7 Å². The molecule has 8 heteroatoms. The molecule has 0 saturated carbocycles. The molecule has 1 aromatic heterocycles. The number of oxazole rings is 1. The van der Waals surface area contributed by atoms with Gasteiger partial charge >= 0.3 is 0 Å². The molecule has 1 saturated heterocycles. The van der Waals surface area contributed by atoms with E-state index in [-0.39, 0.29) is 17.4 Å². The molecular weight excluding hydrogens is 444 g/mol. The van der Waals surface area contributed by atoms with E-state index >= 15 is 0 Å². The average Bonchev–Trinajstić information content (AvgIpc) is 3.28. The molecule has 0 aliphatic carbocycles. The lowest BCUT2D eigenvalue weighted by atomic mass is 9.90. The first-order chi connectivity index (χ1) is 16.9. The monoisotopic (exact) mass is 476 g/mol. The van der Waals surface area contributed by atoms with Crippen LogP contribution in [0.25, 0.3) is 22.6 Å². The number of carbonyl (C=O) groups is 1. The van der Waals surface area contributed by atoms with Crippen molar-refractivity contribution in [1.82, 2.24) is 15.3 Å². The van der Waals surface area contributed by atoms with Crippen LogP contribution in [0.1, 0.15) is 39.2 Å². The minimum atomic E-state index is -0.315. The average molecular weight is 477 g/mol. The summed E-state index contributed by atoms with van der Waals surface area (Å²) < 4.78 is 17.8. The van der Waals surface area contributed by atoms with E-state index in [1.807, 2.05) is 42.5 Å². The predicted molar refractivity (Wildman–Crippen MR) is 134 cm³/mol. The molecule has 1 fully saturated rings. The number of fused-ring (bicyclic) bond motifs is 1. The van der Waals surface area contributed by atoms with Crippen LogP contribution in [0.5, 0.6) is 5.75 Å². The van der Waals surface area contributed by atoms with Gasteiger partial charge in [-0.2, -0.15) is 5.10 Å². The number of nitrogens with zero attached hydrogens (tertiary/aromatic N) is 3. The van der Waals surface area contributed by atoms with E-state index in [1.165, 1.54) is 0 Å². The number of morpholine rings is 1. The fraction of sp³-hybridized carbons (Fsp3) is 0.444. The third kappa shape index (κ3) is 5.39. The Hall–Kier alpha value is -3.23. The number of nitrogens with one attached hydrogen (secondary N) is 1. The van der Waals surface area contributed by atoms with Gasteiger partial charge in [-0.05, 0) is 56.7 Å². The number of benzene rings is 2. The first-order valence-electron chi connectivity index (χ1n) is 12.3. The van der Waals surface area contributed by atoms with Crippen molar-refractivity contribution in [2.24, 2.45) is 11.0 Å². The maximum absolute atomic E-state index is 11.7. The maximum atomic E-state index is 11.7. The molecule has 0 spiro atoms.